The number of hydrogen-bond acceptors (Lipinski definition) is 2. The van der Waals surface area contributed by atoms with Gasteiger partial charge in [0.1, 0.15) is 5.75 Å². The van der Waals surface area contributed by atoms with Gasteiger partial charge in [-0.05, 0) is 31.9 Å². The number of aliphatic carboxylic acids is 1. The number of H-pyrrole nitrogens is 1. The number of hydrogen-bond donors (Lipinski definition) is 2. The van der Waals surface area contributed by atoms with Crippen LogP contribution in [0.15, 0.2) is 18.2 Å². The lowest BCUT2D eigenvalue weighted by Gasteiger charge is -2.17. The van der Waals surface area contributed by atoms with Gasteiger partial charge in [-0.3, -0.25) is 4.79 Å². The van der Waals surface area contributed by atoms with Gasteiger partial charge in [-0.2, -0.15) is 0 Å². The van der Waals surface area contributed by atoms with E-state index in [2.05, 4.69) is 11.1 Å². The highest BCUT2D eigenvalue weighted by atomic mass is 16.5. The molecular formula is C15H17NO3. The van der Waals surface area contributed by atoms with Crippen molar-refractivity contribution < 1.29 is 14.6 Å². The van der Waals surface area contributed by atoms with Crippen molar-refractivity contribution in [2.45, 2.75) is 31.6 Å². The van der Waals surface area contributed by atoms with E-state index in [9.17, 15) is 4.79 Å². The van der Waals surface area contributed by atoms with Gasteiger partial charge in [-0.15, -0.1) is 0 Å². The first-order valence-electron chi connectivity index (χ1n) is 6.44. The quantitative estimate of drug-likeness (QED) is 0.887. The summed E-state index contributed by atoms with van der Waals surface area (Å²) in [5.74, 6) is 0.0745. The molecule has 1 heterocycles. The molecule has 3 rings (SSSR count). The zero-order valence-electron chi connectivity index (χ0n) is 11.1. The van der Waals surface area contributed by atoms with Crippen LogP contribution in [0, 0.1) is 6.92 Å². The average molecular weight is 259 g/mol. The van der Waals surface area contributed by atoms with Crippen molar-refractivity contribution in [1.82, 2.24) is 4.98 Å². The molecule has 0 radical (unpaired) electrons. The number of carbonyl (C=O) groups is 1. The summed E-state index contributed by atoms with van der Waals surface area (Å²) in [6.45, 7) is 2.00. The fourth-order valence-corrected chi connectivity index (χ4v) is 2.94. The predicted octanol–water partition coefficient (Wildman–Crippen LogP) is 2.99. The minimum absolute atomic E-state index is 0.179. The summed E-state index contributed by atoms with van der Waals surface area (Å²) in [7, 11) is 1.65. The lowest BCUT2D eigenvalue weighted by Crippen LogP contribution is -2.14. The molecular weight excluding hydrogens is 242 g/mol. The third-order valence-electron chi connectivity index (χ3n) is 4.01. The maximum atomic E-state index is 11.0. The van der Waals surface area contributed by atoms with Crippen molar-refractivity contribution in [2.75, 3.05) is 7.11 Å². The molecule has 0 unspecified atom stereocenters. The molecule has 0 aliphatic heterocycles. The normalized spacial score (nSPS) is 16.5. The van der Waals surface area contributed by atoms with Gasteiger partial charge in [0, 0.05) is 27.6 Å². The zero-order valence-corrected chi connectivity index (χ0v) is 11.1. The van der Waals surface area contributed by atoms with Crippen LogP contribution in [0.5, 0.6) is 5.75 Å². The number of carboxylic acid groups (broad SMARTS) is 1. The van der Waals surface area contributed by atoms with E-state index in [1.165, 1.54) is 0 Å². The maximum absolute atomic E-state index is 11.0. The second-order valence-corrected chi connectivity index (χ2v) is 5.41. The molecule has 1 fully saturated rings. The molecule has 4 heteroatoms. The summed E-state index contributed by atoms with van der Waals surface area (Å²) in [5.41, 5.74) is 2.91. The molecule has 0 atom stereocenters. The van der Waals surface area contributed by atoms with Crippen LogP contribution in [0.1, 0.15) is 30.5 Å². The molecule has 0 amide bonds. The van der Waals surface area contributed by atoms with E-state index < -0.39 is 5.97 Å². The van der Waals surface area contributed by atoms with Crippen molar-refractivity contribution in [3.05, 3.63) is 29.5 Å². The van der Waals surface area contributed by atoms with Crippen LogP contribution in [0.3, 0.4) is 0 Å². The monoisotopic (exact) mass is 259 g/mol. The number of carboxylic acids is 1. The molecule has 4 nitrogen and oxygen atoms in total. The summed E-state index contributed by atoms with van der Waals surface area (Å²) >= 11 is 0. The number of methoxy groups -OCH3 is 1. The number of rotatable bonds is 4. The smallest absolute Gasteiger partial charge is 0.304 e. The van der Waals surface area contributed by atoms with E-state index in [1.54, 1.807) is 7.11 Å². The fourth-order valence-electron chi connectivity index (χ4n) is 2.94. The molecule has 1 aromatic carbocycles. The molecule has 19 heavy (non-hydrogen) atoms. The van der Waals surface area contributed by atoms with Crippen LogP contribution in [0.25, 0.3) is 10.9 Å². The largest absolute Gasteiger partial charge is 0.496 e. The van der Waals surface area contributed by atoms with Crippen LogP contribution < -0.4 is 4.74 Å². The molecule has 2 N–H and O–H groups in total. The Kier molecular flexibility index (Phi) is 2.55. The molecule has 2 aromatic rings. The molecule has 0 spiro atoms. The zero-order chi connectivity index (χ0) is 13.6. The number of ether oxygens (including phenoxy) is 1. The van der Waals surface area contributed by atoms with Gasteiger partial charge in [0.15, 0.2) is 0 Å². The Hall–Kier alpha value is -1.97. The number of nitrogens with one attached hydrogen (secondary N) is 1. The molecule has 100 valence electrons. The van der Waals surface area contributed by atoms with Gasteiger partial charge in [-0.1, -0.05) is 6.07 Å². The third-order valence-corrected chi connectivity index (χ3v) is 4.01. The van der Waals surface area contributed by atoms with E-state index in [-0.39, 0.29) is 11.8 Å². The minimum atomic E-state index is -0.745. The number of aromatic amines is 1. The van der Waals surface area contributed by atoms with Crippen LogP contribution in [-0.4, -0.2) is 23.2 Å². The van der Waals surface area contributed by atoms with Gasteiger partial charge in [0.05, 0.1) is 13.5 Å². The van der Waals surface area contributed by atoms with Crippen LogP contribution in [0.4, 0.5) is 0 Å². The van der Waals surface area contributed by atoms with E-state index in [0.717, 1.165) is 40.8 Å². The topological polar surface area (TPSA) is 62.3 Å². The molecule has 1 aliphatic carbocycles. The first kappa shape index (κ1) is 12.1. The third kappa shape index (κ3) is 1.87. The second kappa shape index (κ2) is 4.02. The molecule has 1 saturated carbocycles. The Labute approximate surface area is 111 Å². The molecule has 1 aliphatic rings. The Bertz CT molecular complexity index is 653. The number of benzene rings is 1. The van der Waals surface area contributed by atoms with Crippen LogP contribution >= 0.6 is 0 Å². The first-order chi connectivity index (χ1) is 9.05. The van der Waals surface area contributed by atoms with Crippen LogP contribution in [0.2, 0.25) is 0 Å². The lowest BCUT2D eigenvalue weighted by molar-refractivity contribution is -0.137. The number of aromatic nitrogens is 1. The summed E-state index contributed by atoms with van der Waals surface area (Å²) in [6.07, 6.45) is 2.02. The summed E-state index contributed by atoms with van der Waals surface area (Å²) in [4.78, 5) is 14.3. The fraction of sp³-hybridized carbons (Fsp3) is 0.400. The van der Waals surface area contributed by atoms with Crippen molar-refractivity contribution in [3.8, 4) is 5.75 Å². The van der Waals surface area contributed by atoms with Gasteiger partial charge >= 0.3 is 5.97 Å². The Morgan fingerprint density at radius 1 is 1.47 bits per heavy atom. The summed E-state index contributed by atoms with van der Waals surface area (Å²) < 4.78 is 5.57. The maximum Gasteiger partial charge on any atom is 0.304 e. The standard InChI is InChI=1S/C15H17NO3/c1-9-7-10-12(16-9)4-3-11(14(10)19-2)15(5-6-15)8-13(17)18/h3-4,7,16H,5-6,8H2,1-2H3,(H,17,18). The summed E-state index contributed by atoms with van der Waals surface area (Å²) in [6, 6.07) is 6.07. The lowest BCUT2D eigenvalue weighted by atomic mass is 9.90. The van der Waals surface area contributed by atoms with Crippen molar-refractivity contribution in [2.24, 2.45) is 0 Å². The summed E-state index contributed by atoms with van der Waals surface area (Å²) in [5, 5.41) is 10.1. The van der Waals surface area contributed by atoms with Gasteiger partial charge in [0.2, 0.25) is 0 Å². The predicted molar refractivity (Wildman–Crippen MR) is 72.8 cm³/mol. The highest BCUT2D eigenvalue weighted by Crippen LogP contribution is 2.55. The molecule has 0 bridgehead atoms. The minimum Gasteiger partial charge on any atom is -0.496 e. The van der Waals surface area contributed by atoms with E-state index in [4.69, 9.17) is 9.84 Å². The van der Waals surface area contributed by atoms with E-state index >= 15 is 0 Å². The van der Waals surface area contributed by atoms with Crippen molar-refractivity contribution >= 4 is 16.9 Å². The van der Waals surface area contributed by atoms with Crippen molar-refractivity contribution in [3.63, 3.8) is 0 Å². The highest BCUT2D eigenvalue weighted by Gasteiger charge is 2.48. The van der Waals surface area contributed by atoms with Crippen molar-refractivity contribution in [1.29, 1.82) is 0 Å². The van der Waals surface area contributed by atoms with Crippen LogP contribution in [-0.2, 0) is 10.2 Å². The Balaban J connectivity index is 2.16. The number of aryl methyl sites for hydroxylation is 1. The first-order valence-corrected chi connectivity index (χ1v) is 6.44. The Morgan fingerprint density at radius 3 is 2.79 bits per heavy atom. The molecule has 0 saturated heterocycles. The van der Waals surface area contributed by atoms with Gasteiger partial charge in [-0.25, -0.2) is 0 Å². The van der Waals surface area contributed by atoms with E-state index in [1.807, 2.05) is 19.1 Å². The average Bonchev–Trinajstić information content (AvgIpc) is 3.00. The molecule has 1 aromatic heterocycles. The number of fused-ring (bicyclic) bond motifs is 1. The van der Waals surface area contributed by atoms with Gasteiger partial charge in [0.25, 0.3) is 0 Å². The highest BCUT2D eigenvalue weighted by molar-refractivity contribution is 5.89. The van der Waals surface area contributed by atoms with E-state index in [0.29, 0.717) is 0 Å². The SMILES string of the molecule is COc1c(C2(CC(=O)O)CC2)ccc2[nH]c(C)cc12. The van der Waals surface area contributed by atoms with Gasteiger partial charge < -0.3 is 14.8 Å². The second-order valence-electron chi connectivity index (χ2n) is 5.41. The Morgan fingerprint density at radius 2 is 2.21 bits per heavy atom.